The van der Waals surface area contributed by atoms with Crippen LogP contribution >= 0.6 is 0 Å². The Morgan fingerprint density at radius 2 is 2.12 bits per heavy atom. The van der Waals surface area contributed by atoms with Crippen molar-refractivity contribution < 1.29 is 13.9 Å². The molecule has 7 heteroatoms. The zero-order valence-corrected chi connectivity index (χ0v) is 14.6. The maximum atomic E-state index is 12.6. The molecule has 138 valence electrons. The fourth-order valence-corrected chi connectivity index (χ4v) is 3.79. The predicted octanol–water partition coefficient (Wildman–Crippen LogP) is 0.801. The first kappa shape index (κ1) is 17.1. The van der Waals surface area contributed by atoms with Gasteiger partial charge >= 0.3 is 0 Å². The van der Waals surface area contributed by atoms with E-state index in [1.54, 1.807) is 30.9 Å². The van der Waals surface area contributed by atoms with Gasteiger partial charge in [0.2, 0.25) is 5.91 Å². The highest BCUT2D eigenvalue weighted by Crippen LogP contribution is 2.24. The van der Waals surface area contributed by atoms with Crippen LogP contribution in [0.3, 0.4) is 0 Å². The normalized spacial score (nSPS) is 23.6. The fraction of sp³-hybridized carbons (Fsp3) is 0.474. The van der Waals surface area contributed by atoms with Crippen molar-refractivity contribution in [1.82, 2.24) is 14.4 Å². The van der Waals surface area contributed by atoms with Gasteiger partial charge in [-0.1, -0.05) is 6.07 Å². The van der Waals surface area contributed by atoms with Gasteiger partial charge in [0.25, 0.3) is 5.56 Å². The molecule has 0 radical (unpaired) electrons. The molecule has 2 atom stereocenters. The average Bonchev–Trinajstić information content (AvgIpc) is 3.24. The Kier molecular flexibility index (Phi) is 4.90. The molecule has 4 rings (SSSR count). The molecular formula is C19H23N3O4. The van der Waals surface area contributed by atoms with Crippen molar-refractivity contribution in [1.29, 1.82) is 0 Å². The summed E-state index contributed by atoms with van der Waals surface area (Å²) in [5.41, 5.74) is 0.995. The summed E-state index contributed by atoms with van der Waals surface area (Å²) >= 11 is 0. The minimum atomic E-state index is -0.156. The Morgan fingerprint density at radius 1 is 1.19 bits per heavy atom. The second-order valence-electron chi connectivity index (χ2n) is 7.00. The van der Waals surface area contributed by atoms with Gasteiger partial charge in [-0.25, -0.2) is 0 Å². The summed E-state index contributed by atoms with van der Waals surface area (Å²) in [5.74, 6) is 0.261. The van der Waals surface area contributed by atoms with Crippen LogP contribution in [0.5, 0.6) is 0 Å². The van der Waals surface area contributed by atoms with Crippen LogP contribution in [0.25, 0.3) is 0 Å². The number of amides is 1. The lowest BCUT2D eigenvalue weighted by molar-refractivity contribution is -0.131. The van der Waals surface area contributed by atoms with E-state index < -0.39 is 0 Å². The second-order valence-corrected chi connectivity index (χ2v) is 7.00. The van der Waals surface area contributed by atoms with Crippen LogP contribution in [-0.4, -0.2) is 59.2 Å². The molecule has 2 saturated heterocycles. The Bertz CT molecular complexity index is 801. The van der Waals surface area contributed by atoms with Crippen molar-refractivity contribution in [3.05, 3.63) is 58.9 Å². The molecule has 1 amide bonds. The van der Waals surface area contributed by atoms with E-state index in [0.29, 0.717) is 25.6 Å². The molecule has 2 aromatic heterocycles. The van der Waals surface area contributed by atoms with Gasteiger partial charge in [0, 0.05) is 56.5 Å². The number of fused-ring (bicyclic) bond motifs is 1. The highest BCUT2D eigenvalue weighted by Gasteiger charge is 2.38. The van der Waals surface area contributed by atoms with E-state index in [1.807, 2.05) is 11.0 Å². The summed E-state index contributed by atoms with van der Waals surface area (Å²) in [6.45, 7) is 4.63. The lowest BCUT2D eigenvalue weighted by Gasteiger charge is -2.23. The number of aromatic nitrogens is 1. The molecule has 2 aliphatic rings. The van der Waals surface area contributed by atoms with Crippen LogP contribution in [-0.2, 0) is 22.6 Å². The van der Waals surface area contributed by atoms with Gasteiger partial charge in [-0.3, -0.25) is 14.5 Å². The maximum Gasteiger partial charge on any atom is 0.250 e. The lowest BCUT2D eigenvalue weighted by atomic mass is 10.1. The van der Waals surface area contributed by atoms with Crippen molar-refractivity contribution in [2.45, 2.75) is 19.2 Å². The molecule has 2 aliphatic heterocycles. The van der Waals surface area contributed by atoms with Gasteiger partial charge in [-0.05, 0) is 12.1 Å². The van der Waals surface area contributed by atoms with Crippen molar-refractivity contribution in [3.63, 3.8) is 0 Å². The van der Waals surface area contributed by atoms with Crippen molar-refractivity contribution in [3.8, 4) is 0 Å². The molecule has 7 nitrogen and oxygen atoms in total. The number of ether oxygens (including phenoxy) is 1. The average molecular weight is 357 g/mol. The molecule has 0 unspecified atom stereocenters. The van der Waals surface area contributed by atoms with Crippen molar-refractivity contribution in [2.24, 2.45) is 5.92 Å². The summed E-state index contributed by atoms with van der Waals surface area (Å²) < 4.78 is 12.6. The van der Waals surface area contributed by atoms with Gasteiger partial charge in [0.1, 0.15) is 6.54 Å². The first-order valence-electron chi connectivity index (χ1n) is 8.97. The highest BCUT2D eigenvalue weighted by molar-refractivity contribution is 5.76. The standard InChI is InChI=1S/C19H23N3O4/c23-18-3-1-2-5-21(18)13-19(24)22-11-16-10-20(6-8-26-17(16)12-22)9-15-4-7-25-14-15/h1-5,7,14,16-17H,6,8-13H2/t16-,17+/m0/s1. The Balaban J connectivity index is 1.38. The Hall–Kier alpha value is -2.38. The van der Waals surface area contributed by atoms with E-state index >= 15 is 0 Å². The van der Waals surface area contributed by atoms with E-state index in [9.17, 15) is 9.59 Å². The number of rotatable bonds is 4. The number of hydrogen-bond donors (Lipinski definition) is 0. The van der Waals surface area contributed by atoms with Crippen LogP contribution in [0.1, 0.15) is 5.56 Å². The zero-order chi connectivity index (χ0) is 17.9. The molecule has 0 N–H and O–H groups in total. The van der Waals surface area contributed by atoms with Gasteiger partial charge in [0.05, 0.1) is 25.2 Å². The number of furan rings is 1. The van der Waals surface area contributed by atoms with Crippen LogP contribution in [0, 0.1) is 5.92 Å². The largest absolute Gasteiger partial charge is 0.472 e. The predicted molar refractivity (Wildman–Crippen MR) is 94.5 cm³/mol. The summed E-state index contributed by atoms with van der Waals surface area (Å²) in [4.78, 5) is 28.6. The molecule has 0 aromatic carbocycles. The number of pyridine rings is 1. The molecule has 2 aromatic rings. The van der Waals surface area contributed by atoms with E-state index in [0.717, 1.165) is 25.2 Å². The minimum absolute atomic E-state index is 0.0311. The summed E-state index contributed by atoms with van der Waals surface area (Å²) in [5, 5.41) is 0. The van der Waals surface area contributed by atoms with Crippen molar-refractivity contribution in [2.75, 3.05) is 32.8 Å². The van der Waals surface area contributed by atoms with E-state index in [2.05, 4.69) is 4.90 Å². The number of likely N-dealkylation sites (tertiary alicyclic amines) is 1. The maximum absolute atomic E-state index is 12.6. The van der Waals surface area contributed by atoms with Crippen LogP contribution < -0.4 is 5.56 Å². The highest BCUT2D eigenvalue weighted by atomic mass is 16.5. The quantitative estimate of drug-likeness (QED) is 0.810. The minimum Gasteiger partial charge on any atom is -0.472 e. The fourth-order valence-electron chi connectivity index (χ4n) is 3.79. The Labute approximate surface area is 151 Å². The topological polar surface area (TPSA) is 67.9 Å². The Morgan fingerprint density at radius 3 is 2.92 bits per heavy atom. The third-order valence-electron chi connectivity index (χ3n) is 5.16. The third kappa shape index (κ3) is 3.73. The summed E-state index contributed by atoms with van der Waals surface area (Å²) in [7, 11) is 0. The summed E-state index contributed by atoms with van der Waals surface area (Å²) in [6.07, 6.45) is 5.18. The number of carbonyl (C=O) groups is 1. The van der Waals surface area contributed by atoms with Gasteiger partial charge in [0.15, 0.2) is 0 Å². The molecule has 0 spiro atoms. The SMILES string of the molecule is O=C(Cn1ccccc1=O)N1C[C@@H]2CN(Cc3ccoc3)CCO[C@@H]2C1. The molecule has 4 heterocycles. The molecular weight excluding hydrogens is 334 g/mol. The molecule has 0 aliphatic carbocycles. The van der Waals surface area contributed by atoms with Crippen LogP contribution in [0.2, 0.25) is 0 Å². The third-order valence-corrected chi connectivity index (χ3v) is 5.16. The lowest BCUT2D eigenvalue weighted by Crippen LogP contribution is -2.36. The molecule has 26 heavy (non-hydrogen) atoms. The zero-order valence-electron chi connectivity index (χ0n) is 14.6. The number of hydrogen-bond acceptors (Lipinski definition) is 5. The van der Waals surface area contributed by atoms with Crippen LogP contribution in [0.4, 0.5) is 0 Å². The summed E-state index contributed by atoms with van der Waals surface area (Å²) in [6, 6.07) is 6.89. The number of carbonyl (C=O) groups excluding carboxylic acids is 1. The molecule has 0 saturated carbocycles. The van der Waals surface area contributed by atoms with E-state index in [4.69, 9.17) is 9.15 Å². The monoisotopic (exact) mass is 357 g/mol. The van der Waals surface area contributed by atoms with Crippen molar-refractivity contribution >= 4 is 5.91 Å². The second kappa shape index (κ2) is 7.47. The molecule has 0 bridgehead atoms. The number of nitrogens with zero attached hydrogens (tertiary/aromatic N) is 3. The van der Waals surface area contributed by atoms with E-state index in [1.165, 1.54) is 10.6 Å². The smallest absolute Gasteiger partial charge is 0.250 e. The molecule has 2 fully saturated rings. The van der Waals surface area contributed by atoms with Gasteiger partial charge in [-0.2, -0.15) is 0 Å². The van der Waals surface area contributed by atoms with E-state index in [-0.39, 0.29) is 24.1 Å². The first-order valence-corrected chi connectivity index (χ1v) is 8.97. The van der Waals surface area contributed by atoms with Crippen LogP contribution in [0.15, 0.2) is 52.2 Å². The first-order chi connectivity index (χ1) is 12.7. The van der Waals surface area contributed by atoms with Gasteiger partial charge in [-0.15, -0.1) is 0 Å². The van der Waals surface area contributed by atoms with Gasteiger partial charge < -0.3 is 18.6 Å².